The van der Waals surface area contributed by atoms with Gasteiger partial charge in [0.15, 0.2) is 11.4 Å². The van der Waals surface area contributed by atoms with Gasteiger partial charge in [0.05, 0.1) is 11.5 Å². The van der Waals surface area contributed by atoms with Crippen molar-refractivity contribution in [3.63, 3.8) is 0 Å². The molecule has 12 heteroatoms. The van der Waals surface area contributed by atoms with Crippen LogP contribution >= 0.6 is 11.3 Å². The van der Waals surface area contributed by atoms with Crippen LogP contribution in [0.2, 0.25) is 0 Å². The second-order valence-corrected chi connectivity index (χ2v) is 8.44. The molecule has 1 aromatic carbocycles. The molecule has 5 atom stereocenters. The molecule has 3 rings (SSSR count). The maximum Gasteiger partial charge on any atom is 0.263 e. The predicted molar refractivity (Wildman–Crippen MR) is 96.8 cm³/mol. The predicted octanol–water partition coefficient (Wildman–Crippen LogP) is -0.844. The van der Waals surface area contributed by atoms with E-state index in [2.05, 4.69) is 15.0 Å². The Hall–Kier alpha value is -1.80. The lowest BCUT2D eigenvalue weighted by molar-refractivity contribution is -0.221. The van der Waals surface area contributed by atoms with E-state index >= 15 is 0 Å². The van der Waals surface area contributed by atoms with Crippen molar-refractivity contribution in [2.45, 2.75) is 35.5 Å². The van der Waals surface area contributed by atoms with E-state index in [4.69, 9.17) is 4.74 Å². The minimum atomic E-state index is -3.79. The van der Waals surface area contributed by atoms with Crippen molar-refractivity contribution in [3.8, 4) is 0 Å². The van der Waals surface area contributed by atoms with Crippen molar-refractivity contribution < 1.29 is 33.6 Å². The fourth-order valence-corrected chi connectivity index (χ4v) is 4.35. The third-order valence-corrected chi connectivity index (χ3v) is 6.19. The van der Waals surface area contributed by atoms with Gasteiger partial charge >= 0.3 is 0 Å². The Morgan fingerprint density at radius 2 is 1.81 bits per heavy atom. The fraction of sp³-hybridized carbons (Fsp3) is 0.400. The Labute approximate surface area is 159 Å². The van der Waals surface area contributed by atoms with Crippen molar-refractivity contribution in [2.75, 3.05) is 16.6 Å². The monoisotopic (exact) mass is 417 g/mol. The van der Waals surface area contributed by atoms with Gasteiger partial charge in [0, 0.05) is 17.3 Å². The lowest BCUT2D eigenvalue weighted by Crippen LogP contribution is -2.60. The number of hydrogen-bond donors (Lipinski definition) is 6. The van der Waals surface area contributed by atoms with Gasteiger partial charge in [-0.3, -0.25) is 4.72 Å². The van der Waals surface area contributed by atoms with Gasteiger partial charge in [-0.25, -0.2) is 13.4 Å². The number of ether oxygens (including phenoxy) is 1. The molecule has 0 spiro atoms. The van der Waals surface area contributed by atoms with Crippen molar-refractivity contribution in [1.82, 2.24) is 4.98 Å². The van der Waals surface area contributed by atoms with E-state index < -0.39 is 47.3 Å². The number of sulfonamides is 1. The molecule has 0 bridgehead atoms. The summed E-state index contributed by atoms with van der Waals surface area (Å²) in [5.74, 6) is 0. The molecule has 1 aromatic heterocycles. The second kappa shape index (κ2) is 8.06. The topological polar surface area (TPSA) is 161 Å². The summed E-state index contributed by atoms with van der Waals surface area (Å²) in [6.07, 6.45) is -5.06. The van der Waals surface area contributed by atoms with E-state index in [-0.39, 0.29) is 10.0 Å². The normalized spacial score (nSPS) is 28.7. The van der Waals surface area contributed by atoms with E-state index in [1.54, 1.807) is 5.38 Å². The summed E-state index contributed by atoms with van der Waals surface area (Å²) in [4.78, 5) is 3.88. The second-order valence-electron chi connectivity index (χ2n) is 5.86. The molecule has 1 saturated heterocycles. The smallest absolute Gasteiger partial charge is 0.263 e. The number of aromatic nitrogens is 1. The van der Waals surface area contributed by atoms with Crippen LogP contribution in [0.3, 0.4) is 0 Å². The van der Waals surface area contributed by atoms with Gasteiger partial charge in [-0.05, 0) is 24.3 Å². The number of benzene rings is 1. The van der Waals surface area contributed by atoms with Crippen LogP contribution in [0.4, 0.5) is 10.8 Å². The molecular formula is C15H19N3O7S2. The van der Waals surface area contributed by atoms with Gasteiger partial charge in [0.25, 0.3) is 10.0 Å². The molecule has 0 saturated carbocycles. The number of anilines is 2. The zero-order valence-electron chi connectivity index (χ0n) is 13.8. The maximum atomic E-state index is 12.3. The quantitative estimate of drug-likeness (QED) is 0.352. The van der Waals surface area contributed by atoms with E-state index in [1.165, 1.54) is 30.5 Å². The molecule has 1 fully saturated rings. The molecule has 0 amide bonds. The van der Waals surface area contributed by atoms with E-state index in [1.807, 2.05) is 0 Å². The summed E-state index contributed by atoms with van der Waals surface area (Å²) >= 11 is 1.15. The molecule has 10 nitrogen and oxygen atoms in total. The van der Waals surface area contributed by atoms with Crippen LogP contribution in [0.25, 0.3) is 0 Å². The van der Waals surface area contributed by atoms with Crippen molar-refractivity contribution in [2.24, 2.45) is 0 Å². The third kappa shape index (κ3) is 4.38. The molecule has 2 aromatic rings. The zero-order chi connectivity index (χ0) is 19.6. The molecule has 1 aliphatic rings. The molecule has 27 heavy (non-hydrogen) atoms. The summed E-state index contributed by atoms with van der Waals surface area (Å²) in [5, 5.41) is 43.5. The first-order valence-corrected chi connectivity index (χ1v) is 10.3. The SMILES string of the molecule is O=S(=O)(Nc1nccs1)c1ccc(NC2OC(CO)C(O)C(O)C2O)cc1. The summed E-state index contributed by atoms with van der Waals surface area (Å²) in [6, 6.07) is 5.61. The molecule has 148 valence electrons. The first kappa shape index (κ1) is 19.9. The minimum absolute atomic E-state index is 0.0112. The van der Waals surface area contributed by atoms with Crippen LogP contribution in [0.15, 0.2) is 40.7 Å². The number of aliphatic hydroxyl groups is 4. The average Bonchev–Trinajstić information content (AvgIpc) is 3.15. The lowest BCUT2D eigenvalue weighted by atomic mass is 9.98. The van der Waals surface area contributed by atoms with Crippen LogP contribution in [-0.2, 0) is 14.8 Å². The van der Waals surface area contributed by atoms with Gasteiger partial charge in [-0.2, -0.15) is 0 Å². The molecular weight excluding hydrogens is 398 g/mol. The third-order valence-electron chi connectivity index (χ3n) is 4.02. The van der Waals surface area contributed by atoms with Crippen LogP contribution in [0, 0.1) is 0 Å². The molecule has 5 unspecified atom stereocenters. The zero-order valence-corrected chi connectivity index (χ0v) is 15.5. The Kier molecular flexibility index (Phi) is 5.95. The Morgan fingerprint density at radius 3 is 2.41 bits per heavy atom. The molecule has 2 heterocycles. The number of thiazole rings is 1. The largest absolute Gasteiger partial charge is 0.394 e. The first-order valence-electron chi connectivity index (χ1n) is 7.91. The summed E-state index contributed by atoms with van der Waals surface area (Å²) in [6.45, 7) is -0.539. The molecule has 1 aliphatic heterocycles. The fourth-order valence-electron chi connectivity index (χ4n) is 2.56. The van der Waals surface area contributed by atoms with Gasteiger partial charge < -0.3 is 30.5 Å². The van der Waals surface area contributed by atoms with E-state index in [0.717, 1.165) is 11.3 Å². The number of rotatable bonds is 6. The first-order chi connectivity index (χ1) is 12.8. The summed E-state index contributed by atoms with van der Waals surface area (Å²) in [5.41, 5.74) is 0.410. The van der Waals surface area contributed by atoms with Crippen molar-refractivity contribution >= 4 is 32.2 Å². The van der Waals surface area contributed by atoms with Gasteiger partial charge in [0.1, 0.15) is 24.4 Å². The van der Waals surface area contributed by atoms with Crippen LogP contribution in [-0.4, -0.2) is 71.1 Å². The van der Waals surface area contributed by atoms with Gasteiger partial charge in [-0.15, -0.1) is 11.3 Å². The highest BCUT2D eigenvalue weighted by Crippen LogP contribution is 2.24. The average molecular weight is 417 g/mol. The van der Waals surface area contributed by atoms with Gasteiger partial charge in [0.2, 0.25) is 0 Å². The maximum absolute atomic E-state index is 12.3. The standard InChI is InChI=1S/C15H19N3O7S2/c19-7-10-11(20)12(21)13(22)14(25-10)17-8-1-3-9(4-2-8)27(23,24)18-15-16-5-6-26-15/h1-6,10-14,17,19-22H,7H2,(H,16,18). The van der Waals surface area contributed by atoms with Crippen molar-refractivity contribution in [3.05, 3.63) is 35.8 Å². The van der Waals surface area contributed by atoms with E-state index in [9.17, 15) is 28.8 Å². The number of nitrogens with one attached hydrogen (secondary N) is 2. The van der Waals surface area contributed by atoms with Crippen LogP contribution in [0.5, 0.6) is 0 Å². The lowest BCUT2D eigenvalue weighted by Gasteiger charge is -2.40. The van der Waals surface area contributed by atoms with Crippen molar-refractivity contribution in [1.29, 1.82) is 0 Å². The Morgan fingerprint density at radius 1 is 1.11 bits per heavy atom. The minimum Gasteiger partial charge on any atom is -0.394 e. The Balaban J connectivity index is 1.70. The number of nitrogens with zero attached hydrogens (tertiary/aromatic N) is 1. The number of hydrogen-bond acceptors (Lipinski definition) is 10. The molecule has 0 radical (unpaired) electrons. The van der Waals surface area contributed by atoms with E-state index in [0.29, 0.717) is 5.69 Å². The highest BCUT2D eigenvalue weighted by Gasteiger charge is 2.43. The molecule has 6 N–H and O–H groups in total. The van der Waals surface area contributed by atoms with Gasteiger partial charge in [-0.1, -0.05) is 0 Å². The number of aliphatic hydroxyl groups excluding tert-OH is 4. The highest BCUT2D eigenvalue weighted by atomic mass is 32.2. The summed E-state index contributed by atoms with van der Waals surface area (Å²) < 4.78 is 32.3. The molecule has 0 aliphatic carbocycles. The van der Waals surface area contributed by atoms with Crippen LogP contribution in [0.1, 0.15) is 0 Å². The Bertz CT molecular complexity index is 843. The summed E-state index contributed by atoms with van der Waals surface area (Å²) in [7, 11) is -3.79. The van der Waals surface area contributed by atoms with Crippen LogP contribution < -0.4 is 10.0 Å². The highest BCUT2D eigenvalue weighted by molar-refractivity contribution is 7.93.